The number of hydrogen-bond donors (Lipinski definition) is 1. The Hall–Kier alpha value is -3.22. The summed E-state index contributed by atoms with van der Waals surface area (Å²) >= 11 is 0. The molecule has 3 aromatic rings. The van der Waals surface area contributed by atoms with E-state index in [1.54, 1.807) is 0 Å². The van der Waals surface area contributed by atoms with Crippen LogP contribution < -0.4 is 5.32 Å². The minimum atomic E-state index is -0.543. The van der Waals surface area contributed by atoms with Gasteiger partial charge in [-0.2, -0.15) is 0 Å². The number of benzene rings is 2. The van der Waals surface area contributed by atoms with Crippen LogP contribution in [0, 0.1) is 15.9 Å². The summed E-state index contributed by atoms with van der Waals surface area (Å²) in [4.78, 5) is 22.5. The maximum atomic E-state index is 13.1. The molecule has 0 atom stereocenters. The van der Waals surface area contributed by atoms with Crippen LogP contribution in [0.25, 0.3) is 22.3 Å². The van der Waals surface area contributed by atoms with Crippen molar-refractivity contribution in [3.63, 3.8) is 0 Å². The number of nitro benzene ring substituents is 1. The molecule has 1 aromatic heterocycles. The molecule has 7 heteroatoms. The van der Waals surface area contributed by atoms with Gasteiger partial charge < -0.3 is 9.73 Å². The molecule has 0 aliphatic heterocycles. The van der Waals surface area contributed by atoms with Crippen LogP contribution in [-0.2, 0) is 0 Å². The van der Waals surface area contributed by atoms with Gasteiger partial charge in [-0.1, -0.05) is 0 Å². The van der Waals surface area contributed by atoms with Gasteiger partial charge in [0.05, 0.1) is 16.6 Å². The number of furan rings is 1. The van der Waals surface area contributed by atoms with Crippen molar-refractivity contribution < 1.29 is 18.5 Å². The van der Waals surface area contributed by atoms with E-state index in [-0.39, 0.29) is 22.6 Å². The maximum Gasteiger partial charge on any atom is 0.273 e. The SMILES string of the molecule is CNC(=O)c1c(-c2ccc(F)cc2)oc2cc([N+](=O)[O-])ccc12. The van der Waals surface area contributed by atoms with Crippen molar-refractivity contribution in [1.29, 1.82) is 0 Å². The monoisotopic (exact) mass is 314 g/mol. The molecule has 0 aliphatic carbocycles. The lowest BCUT2D eigenvalue weighted by Crippen LogP contribution is -2.18. The fourth-order valence-electron chi connectivity index (χ4n) is 2.35. The highest BCUT2D eigenvalue weighted by Gasteiger charge is 2.23. The van der Waals surface area contributed by atoms with Crippen molar-refractivity contribution in [3.05, 3.63) is 64.0 Å². The summed E-state index contributed by atoms with van der Waals surface area (Å²) in [5.74, 6) is -0.571. The van der Waals surface area contributed by atoms with Gasteiger partial charge in [-0.05, 0) is 30.3 Å². The van der Waals surface area contributed by atoms with Crippen molar-refractivity contribution >= 4 is 22.6 Å². The fraction of sp³-hybridized carbons (Fsp3) is 0.0625. The van der Waals surface area contributed by atoms with E-state index < -0.39 is 16.6 Å². The number of non-ortho nitro benzene ring substituents is 1. The molecule has 0 radical (unpaired) electrons. The van der Waals surface area contributed by atoms with Crippen LogP contribution in [0.4, 0.5) is 10.1 Å². The Morgan fingerprint density at radius 3 is 2.52 bits per heavy atom. The highest BCUT2D eigenvalue weighted by molar-refractivity contribution is 6.11. The predicted molar refractivity (Wildman–Crippen MR) is 81.7 cm³/mol. The van der Waals surface area contributed by atoms with Gasteiger partial charge in [0.1, 0.15) is 17.2 Å². The highest BCUT2D eigenvalue weighted by Crippen LogP contribution is 2.35. The summed E-state index contributed by atoms with van der Waals surface area (Å²) in [7, 11) is 1.47. The molecule has 0 saturated heterocycles. The standard InChI is InChI=1S/C16H11FN2O4/c1-18-16(20)14-12-7-6-11(19(21)22)8-13(12)23-15(14)9-2-4-10(17)5-3-9/h2-8H,1H3,(H,18,20). The quantitative estimate of drug-likeness (QED) is 0.592. The van der Waals surface area contributed by atoms with Crippen molar-refractivity contribution in [2.24, 2.45) is 0 Å². The Labute approximate surface area is 129 Å². The lowest BCUT2D eigenvalue weighted by molar-refractivity contribution is -0.384. The van der Waals surface area contributed by atoms with E-state index in [1.807, 2.05) is 0 Å². The zero-order valence-electron chi connectivity index (χ0n) is 12.0. The second-order valence-electron chi connectivity index (χ2n) is 4.83. The Morgan fingerprint density at radius 2 is 1.91 bits per heavy atom. The van der Waals surface area contributed by atoms with Gasteiger partial charge in [0, 0.05) is 24.1 Å². The first-order valence-electron chi connectivity index (χ1n) is 6.70. The van der Waals surface area contributed by atoms with Crippen molar-refractivity contribution in [1.82, 2.24) is 5.32 Å². The number of halogens is 1. The first-order chi connectivity index (χ1) is 11.0. The van der Waals surface area contributed by atoms with Crippen molar-refractivity contribution in [2.45, 2.75) is 0 Å². The first-order valence-corrected chi connectivity index (χ1v) is 6.70. The topological polar surface area (TPSA) is 85.4 Å². The maximum absolute atomic E-state index is 13.1. The van der Waals surface area contributed by atoms with Crippen LogP contribution in [0.5, 0.6) is 0 Å². The van der Waals surface area contributed by atoms with Gasteiger partial charge in [0.25, 0.3) is 11.6 Å². The summed E-state index contributed by atoms with van der Waals surface area (Å²) in [6.07, 6.45) is 0. The minimum absolute atomic E-state index is 0.139. The van der Waals surface area contributed by atoms with Gasteiger partial charge in [-0.15, -0.1) is 0 Å². The fourth-order valence-corrected chi connectivity index (χ4v) is 2.35. The second-order valence-corrected chi connectivity index (χ2v) is 4.83. The third-order valence-corrected chi connectivity index (χ3v) is 3.44. The van der Waals surface area contributed by atoms with E-state index in [0.29, 0.717) is 10.9 Å². The molecule has 1 amide bonds. The summed E-state index contributed by atoms with van der Waals surface area (Å²) in [6, 6.07) is 9.49. The third kappa shape index (κ3) is 2.52. The number of hydrogen-bond acceptors (Lipinski definition) is 4. The summed E-state index contributed by atoms with van der Waals surface area (Å²) in [5, 5.41) is 13.8. The molecule has 0 unspecified atom stereocenters. The zero-order chi connectivity index (χ0) is 16.6. The summed E-state index contributed by atoms with van der Waals surface area (Å²) < 4.78 is 18.7. The third-order valence-electron chi connectivity index (χ3n) is 3.44. The smallest absolute Gasteiger partial charge is 0.273 e. The number of nitrogens with zero attached hydrogens (tertiary/aromatic N) is 1. The minimum Gasteiger partial charge on any atom is -0.455 e. The molecule has 0 bridgehead atoms. The average molecular weight is 314 g/mol. The molecule has 0 aliphatic rings. The molecule has 23 heavy (non-hydrogen) atoms. The van der Waals surface area contributed by atoms with E-state index in [2.05, 4.69) is 5.32 Å². The summed E-state index contributed by atoms with van der Waals surface area (Å²) in [5.41, 5.74) is 0.838. The number of nitrogens with one attached hydrogen (secondary N) is 1. The van der Waals surface area contributed by atoms with E-state index in [4.69, 9.17) is 4.42 Å². The molecular formula is C16H11FN2O4. The number of nitro groups is 1. The number of carbonyl (C=O) groups is 1. The molecule has 0 fully saturated rings. The van der Waals surface area contributed by atoms with Crippen LogP contribution in [0.15, 0.2) is 46.9 Å². The Balaban J connectivity index is 2.28. The molecule has 3 rings (SSSR count). The Bertz CT molecular complexity index is 916. The molecule has 1 N–H and O–H groups in total. The largest absolute Gasteiger partial charge is 0.455 e. The van der Waals surface area contributed by atoms with Crippen LogP contribution in [0.2, 0.25) is 0 Å². The van der Waals surface area contributed by atoms with Gasteiger partial charge >= 0.3 is 0 Å². The summed E-state index contributed by atoms with van der Waals surface area (Å²) in [6.45, 7) is 0. The Morgan fingerprint density at radius 1 is 1.22 bits per heavy atom. The molecule has 6 nitrogen and oxygen atoms in total. The average Bonchev–Trinajstić information content (AvgIpc) is 2.93. The molecule has 0 spiro atoms. The van der Waals surface area contributed by atoms with Gasteiger partial charge in [-0.25, -0.2) is 4.39 Å². The van der Waals surface area contributed by atoms with Crippen LogP contribution in [0.3, 0.4) is 0 Å². The van der Waals surface area contributed by atoms with Crippen LogP contribution in [0.1, 0.15) is 10.4 Å². The molecule has 0 saturated carbocycles. The second kappa shape index (κ2) is 5.53. The predicted octanol–water partition coefficient (Wildman–Crippen LogP) is 3.51. The lowest BCUT2D eigenvalue weighted by atomic mass is 10.0. The molecular weight excluding hydrogens is 303 g/mol. The van der Waals surface area contributed by atoms with E-state index >= 15 is 0 Å². The normalized spacial score (nSPS) is 10.7. The lowest BCUT2D eigenvalue weighted by Gasteiger charge is -2.02. The molecule has 116 valence electrons. The number of carbonyl (C=O) groups excluding carboxylic acids is 1. The van der Waals surface area contributed by atoms with Crippen LogP contribution in [-0.4, -0.2) is 17.9 Å². The zero-order valence-corrected chi connectivity index (χ0v) is 12.0. The number of amides is 1. The number of fused-ring (bicyclic) bond motifs is 1. The molecule has 2 aromatic carbocycles. The highest BCUT2D eigenvalue weighted by atomic mass is 19.1. The van der Waals surface area contributed by atoms with E-state index in [0.717, 1.165) is 0 Å². The van der Waals surface area contributed by atoms with Crippen molar-refractivity contribution in [3.8, 4) is 11.3 Å². The van der Waals surface area contributed by atoms with Crippen molar-refractivity contribution in [2.75, 3.05) is 7.05 Å². The van der Waals surface area contributed by atoms with E-state index in [9.17, 15) is 19.3 Å². The Kier molecular flexibility index (Phi) is 3.53. The van der Waals surface area contributed by atoms with Gasteiger partial charge in [0.15, 0.2) is 0 Å². The van der Waals surface area contributed by atoms with E-state index in [1.165, 1.54) is 49.5 Å². The molecule has 1 heterocycles. The van der Waals surface area contributed by atoms with Gasteiger partial charge in [0.2, 0.25) is 0 Å². The number of rotatable bonds is 3. The first kappa shape index (κ1) is 14.7. The van der Waals surface area contributed by atoms with Crippen LogP contribution >= 0.6 is 0 Å². The van der Waals surface area contributed by atoms with Gasteiger partial charge in [-0.3, -0.25) is 14.9 Å².